The van der Waals surface area contributed by atoms with Gasteiger partial charge in [-0.1, -0.05) is 29.8 Å². The number of benzene rings is 2. The average molecular weight is 433 g/mol. The predicted octanol–water partition coefficient (Wildman–Crippen LogP) is 3.51. The van der Waals surface area contributed by atoms with Crippen LogP contribution in [0.3, 0.4) is 0 Å². The van der Waals surface area contributed by atoms with Crippen molar-refractivity contribution in [3.63, 3.8) is 0 Å². The number of rotatable bonds is 3. The number of amides is 1. The summed E-state index contributed by atoms with van der Waals surface area (Å²) >= 11 is 5.98. The SMILES string of the molecule is O=C(c1cccc(C(F)(F)F)c1)N1CCN(S(=O)(=O)c2ccccc2Cl)CC1. The zero-order chi connectivity index (χ0) is 20.5. The van der Waals surface area contributed by atoms with Crippen molar-refractivity contribution in [3.8, 4) is 0 Å². The fourth-order valence-electron chi connectivity index (χ4n) is 2.94. The van der Waals surface area contributed by atoms with Gasteiger partial charge in [0.2, 0.25) is 10.0 Å². The zero-order valence-corrected chi connectivity index (χ0v) is 16.1. The maximum absolute atomic E-state index is 12.8. The third-order valence-corrected chi connectivity index (χ3v) is 6.82. The number of carbonyl (C=O) groups is 1. The molecule has 150 valence electrons. The van der Waals surface area contributed by atoms with Crippen LogP contribution in [0.15, 0.2) is 53.4 Å². The Morgan fingerprint density at radius 2 is 1.61 bits per heavy atom. The van der Waals surface area contributed by atoms with Gasteiger partial charge in [0.05, 0.1) is 10.6 Å². The summed E-state index contributed by atoms with van der Waals surface area (Å²) in [5, 5.41) is 0.102. The second-order valence-electron chi connectivity index (χ2n) is 6.21. The van der Waals surface area contributed by atoms with E-state index in [2.05, 4.69) is 0 Å². The summed E-state index contributed by atoms with van der Waals surface area (Å²) < 4.78 is 65.2. The molecule has 28 heavy (non-hydrogen) atoms. The van der Waals surface area contributed by atoms with Gasteiger partial charge >= 0.3 is 6.18 Å². The molecule has 0 aromatic heterocycles. The van der Waals surface area contributed by atoms with Crippen LogP contribution in [0.4, 0.5) is 13.2 Å². The van der Waals surface area contributed by atoms with Crippen LogP contribution in [0.25, 0.3) is 0 Å². The lowest BCUT2D eigenvalue weighted by Gasteiger charge is -2.34. The van der Waals surface area contributed by atoms with Crippen molar-refractivity contribution in [3.05, 3.63) is 64.7 Å². The van der Waals surface area contributed by atoms with Gasteiger partial charge < -0.3 is 4.90 Å². The Bertz CT molecular complexity index is 988. The summed E-state index contributed by atoms with van der Waals surface area (Å²) in [7, 11) is -3.82. The summed E-state index contributed by atoms with van der Waals surface area (Å²) in [6.45, 7) is 0.189. The molecule has 1 aliphatic rings. The van der Waals surface area contributed by atoms with Crippen LogP contribution in [0.1, 0.15) is 15.9 Å². The van der Waals surface area contributed by atoms with Gasteiger partial charge in [-0.05, 0) is 30.3 Å². The maximum atomic E-state index is 12.8. The minimum atomic E-state index is -4.54. The summed E-state index contributed by atoms with van der Waals surface area (Å²) in [5.41, 5.74) is -0.990. The topological polar surface area (TPSA) is 57.7 Å². The molecule has 2 aromatic carbocycles. The lowest BCUT2D eigenvalue weighted by molar-refractivity contribution is -0.137. The van der Waals surface area contributed by atoms with E-state index in [1.807, 2.05) is 0 Å². The number of hydrogen-bond acceptors (Lipinski definition) is 3. The second-order valence-corrected chi connectivity index (χ2v) is 8.52. The molecule has 0 unspecified atom stereocenters. The highest BCUT2D eigenvalue weighted by Crippen LogP contribution is 2.30. The van der Waals surface area contributed by atoms with Gasteiger partial charge in [-0.15, -0.1) is 0 Å². The molecule has 1 amide bonds. The van der Waals surface area contributed by atoms with Crippen molar-refractivity contribution in [2.75, 3.05) is 26.2 Å². The highest BCUT2D eigenvalue weighted by Gasteiger charge is 2.33. The Balaban J connectivity index is 1.72. The molecule has 0 N–H and O–H groups in total. The van der Waals surface area contributed by atoms with Crippen molar-refractivity contribution >= 4 is 27.5 Å². The van der Waals surface area contributed by atoms with E-state index in [9.17, 15) is 26.4 Å². The third kappa shape index (κ3) is 4.16. The molecule has 3 rings (SSSR count). The maximum Gasteiger partial charge on any atom is 0.416 e. The fraction of sp³-hybridized carbons (Fsp3) is 0.278. The first-order valence-electron chi connectivity index (χ1n) is 8.32. The number of alkyl halides is 3. The zero-order valence-electron chi connectivity index (χ0n) is 14.5. The van der Waals surface area contributed by atoms with Crippen molar-refractivity contribution in [2.24, 2.45) is 0 Å². The van der Waals surface area contributed by atoms with Crippen molar-refractivity contribution in [1.29, 1.82) is 0 Å². The van der Waals surface area contributed by atoms with Gasteiger partial charge in [0, 0.05) is 31.7 Å². The number of hydrogen-bond donors (Lipinski definition) is 0. The van der Waals surface area contributed by atoms with Gasteiger partial charge in [0.1, 0.15) is 4.90 Å². The molecule has 0 atom stereocenters. The van der Waals surface area contributed by atoms with Crippen molar-refractivity contribution in [2.45, 2.75) is 11.1 Å². The van der Waals surface area contributed by atoms with Crippen LogP contribution in [0.2, 0.25) is 5.02 Å². The first-order valence-corrected chi connectivity index (χ1v) is 10.1. The van der Waals surface area contributed by atoms with E-state index < -0.39 is 27.7 Å². The van der Waals surface area contributed by atoms with Gasteiger partial charge in [-0.3, -0.25) is 4.79 Å². The first-order chi connectivity index (χ1) is 13.1. The van der Waals surface area contributed by atoms with E-state index in [1.54, 1.807) is 12.1 Å². The van der Waals surface area contributed by atoms with Crippen LogP contribution >= 0.6 is 11.6 Å². The average Bonchev–Trinajstić information content (AvgIpc) is 2.67. The van der Waals surface area contributed by atoms with Crippen LogP contribution in [0, 0.1) is 0 Å². The molecular weight excluding hydrogens is 417 g/mol. The smallest absolute Gasteiger partial charge is 0.336 e. The molecule has 10 heteroatoms. The molecule has 0 aliphatic carbocycles. The van der Waals surface area contributed by atoms with Crippen molar-refractivity contribution < 1.29 is 26.4 Å². The Morgan fingerprint density at radius 1 is 0.964 bits per heavy atom. The van der Waals surface area contributed by atoms with E-state index in [1.165, 1.54) is 33.5 Å². The van der Waals surface area contributed by atoms with Crippen LogP contribution in [-0.2, 0) is 16.2 Å². The minimum absolute atomic E-state index is 0.0191. The fourth-order valence-corrected chi connectivity index (χ4v) is 4.85. The van der Waals surface area contributed by atoms with Crippen LogP contribution < -0.4 is 0 Å². The molecule has 0 spiro atoms. The molecule has 0 radical (unpaired) electrons. The van der Waals surface area contributed by atoms with E-state index in [-0.39, 0.29) is 41.7 Å². The van der Waals surface area contributed by atoms with Crippen LogP contribution in [0.5, 0.6) is 0 Å². The standard InChI is InChI=1S/C18H16ClF3N2O3S/c19-15-6-1-2-7-16(15)28(26,27)24-10-8-23(9-11-24)17(25)13-4-3-5-14(12-13)18(20,21)22/h1-7,12H,8-11H2. The summed E-state index contributed by atoms with van der Waals surface area (Å²) in [6.07, 6.45) is -4.54. The molecular formula is C18H16ClF3N2O3S. The Labute approximate surface area is 165 Å². The molecule has 1 saturated heterocycles. The summed E-state index contributed by atoms with van der Waals surface area (Å²) in [4.78, 5) is 13.9. The highest BCUT2D eigenvalue weighted by molar-refractivity contribution is 7.89. The van der Waals surface area contributed by atoms with Crippen molar-refractivity contribution in [1.82, 2.24) is 9.21 Å². The molecule has 2 aromatic rings. The van der Waals surface area contributed by atoms with Gasteiger partial charge in [0.25, 0.3) is 5.91 Å². The monoisotopic (exact) mass is 432 g/mol. The Morgan fingerprint density at radius 3 is 2.21 bits per heavy atom. The normalized spacial score (nSPS) is 16.2. The van der Waals surface area contributed by atoms with E-state index >= 15 is 0 Å². The van der Waals surface area contributed by atoms with Crippen LogP contribution in [-0.4, -0.2) is 49.7 Å². The lowest BCUT2D eigenvalue weighted by atomic mass is 10.1. The Hall–Kier alpha value is -2.10. The molecule has 1 heterocycles. The van der Waals surface area contributed by atoms with E-state index in [0.29, 0.717) is 0 Å². The Kier molecular flexibility index (Phi) is 5.69. The number of nitrogens with zero attached hydrogens (tertiary/aromatic N) is 2. The first kappa shape index (κ1) is 20.6. The summed E-state index contributed by atoms with van der Waals surface area (Å²) in [6, 6.07) is 10.2. The largest absolute Gasteiger partial charge is 0.416 e. The number of carbonyl (C=O) groups excluding carboxylic acids is 1. The molecule has 0 saturated carbocycles. The molecule has 0 bridgehead atoms. The van der Waals surface area contributed by atoms with E-state index in [0.717, 1.165) is 12.1 Å². The van der Waals surface area contributed by atoms with Gasteiger partial charge in [-0.25, -0.2) is 8.42 Å². The second kappa shape index (κ2) is 7.73. The van der Waals surface area contributed by atoms with E-state index in [4.69, 9.17) is 11.6 Å². The molecule has 5 nitrogen and oxygen atoms in total. The number of halogens is 4. The summed E-state index contributed by atoms with van der Waals surface area (Å²) in [5.74, 6) is -0.569. The number of sulfonamides is 1. The highest BCUT2D eigenvalue weighted by atomic mass is 35.5. The van der Waals surface area contributed by atoms with Gasteiger partial charge in [0.15, 0.2) is 0 Å². The quantitative estimate of drug-likeness (QED) is 0.745. The number of piperazine rings is 1. The molecule has 1 aliphatic heterocycles. The molecule has 1 fully saturated rings. The minimum Gasteiger partial charge on any atom is -0.336 e. The predicted molar refractivity (Wildman–Crippen MR) is 97.6 cm³/mol. The van der Waals surface area contributed by atoms with Gasteiger partial charge in [-0.2, -0.15) is 17.5 Å². The third-order valence-electron chi connectivity index (χ3n) is 4.42. The lowest BCUT2D eigenvalue weighted by Crippen LogP contribution is -2.50.